The average Bonchev–Trinajstić information content (AvgIpc) is 2.50. The molecule has 0 amide bonds. The lowest BCUT2D eigenvalue weighted by molar-refractivity contribution is 0.0984. The molecule has 0 spiro atoms. The molecule has 2 heteroatoms. The Morgan fingerprint density at radius 3 is 2.38 bits per heavy atom. The molecule has 1 rings (SSSR count). The van der Waals surface area contributed by atoms with Gasteiger partial charge in [-0.2, -0.15) is 0 Å². The van der Waals surface area contributed by atoms with E-state index < -0.39 is 0 Å². The van der Waals surface area contributed by atoms with Gasteiger partial charge in [0.1, 0.15) is 0 Å². The Morgan fingerprint density at radius 1 is 1.38 bits per heavy atom. The van der Waals surface area contributed by atoms with Gasteiger partial charge < -0.3 is 4.98 Å². The highest BCUT2D eigenvalue weighted by molar-refractivity contribution is 5.94. The summed E-state index contributed by atoms with van der Waals surface area (Å²) in [6, 6.07) is 3.86. The molecule has 0 radical (unpaired) electrons. The highest BCUT2D eigenvalue weighted by atomic mass is 16.1. The highest BCUT2D eigenvalue weighted by Crippen LogP contribution is 2.21. The third-order valence-electron chi connectivity index (χ3n) is 2.12. The Balaban J connectivity index is 2.93. The maximum atomic E-state index is 11.3. The van der Waals surface area contributed by atoms with Crippen molar-refractivity contribution in [2.45, 2.75) is 39.5 Å². The molecule has 0 aromatic carbocycles. The van der Waals surface area contributed by atoms with Crippen LogP contribution >= 0.6 is 0 Å². The van der Waals surface area contributed by atoms with Crippen molar-refractivity contribution in [3.05, 3.63) is 23.5 Å². The molecular formula is C11H17NO. The summed E-state index contributed by atoms with van der Waals surface area (Å²) in [4.78, 5) is 14.5. The van der Waals surface area contributed by atoms with Crippen LogP contribution in [0.5, 0.6) is 0 Å². The van der Waals surface area contributed by atoms with Gasteiger partial charge in [-0.05, 0) is 12.1 Å². The van der Waals surface area contributed by atoms with Crippen LogP contribution in [0, 0.1) is 0 Å². The maximum Gasteiger partial charge on any atom is 0.178 e. The van der Waals surface area contributed by atoms with Crippen molar-refractivity contribution in [2.75, 3.05) is 0 Å². The average molecular weight is 179 g/mol. The Labute approximate surface area is 79.4 Å². The normalized spacial score (nSPS) is 11.7. The SMILES string of the molecule is CCC(=O)c1ccc(C(C)(C)C)[nH]1. The predicted molar refractivity (Wildman–Crippen MR) is 54.1 cm³/mol. The van der Waals surface area contributed by atoms with E-state index in [1.54, 1.807) is 0 Å². The van der Waals surface area contributed by atoms with Crippen LogP contribution in [0.4, 0.5) is 0 Å². The first-order chi connectivity index (χ1) is 5.95. The maximum absolute atomic E-state index is 11.3. The van der Waals surface area contributed by atoms with Crippen LogP contribution in [-0.2, 0) is 5.41 Å². The number of carbonyl (C=O) groups excluding carboxylic acids is 1. The van der Waals surface area contributed by atoms with E-state index in [1.165, 1.54) is 0 Å². The molecule has 0 fully saturated rings. The van der Waals surface area contributed by atoms with Gasteiger partial charge in [0.2, 0.25) is 0 Å². The molecule has 1 aromatic heterocycles. The zero-order valence-corrected chi connectivity index (χ0v) is 8.77. The second-order valence-corrected chi connectivity index (χ2v) is 4.31. The number of aromatic nitrogens is 1. The molecule has 0 unspecified atom stereocenters. The van der Waals surface area contributed by atoms with Gasteiger partial charge >= 0.3 is 0 Å². The summed E-state index contributed by atoms with van der Waals surface area (Å²) in [5.41, 5.74) is 1.93. The number of rotatable bonds is 2. The van der Waals surface area contributed by atoms with Gasteiger partial charge in [-0.25, -0.2) is 0 Å². The fourth-order valence-electron chi connectivity index (χ4n) is 1.19. The number of H-pyrrole nitrogens is 1. The van der Waals surface area contributed by atoms with Crippen molar-refractivity contribution >= 4 is 5.78 Å². The molecule has 0 bridgehead atoms. The molecule has 2 nitrogen and oxygen atoms in total. The van der Waals surface area contributed by atoms with Crippen molar-refractivity contribution in [1.82, 2.24) is 4.98 Å². The largest absolute Gasteiger partial charge is 0.356 e. The van der Waals surface area contributed by atoms with Crippen molar-refractivity contribution < 1.29 is 4.79 Å². The summed E-state index contributed by atoms with van der Waals surface area (Å²) in [5.74, 6) is 0.176. The minimum atomic E-state index is 0.0896. The topological polar surface area (TPSA) is 32.9 Å². The zero-order valence-electron chi connectivity index (χ0n) is 8.77. The van der Waals surface area contributed by atoms with E-state index in [1.807, 2.05) is 19.1 Å². The van der Waals surface area contributed by atoms with Crippen LogP contribution in [0.2, 0.25) is 0 Å². The van der Waals surface area contributed by atoms with Crippen LogP contribution < -0.4 is 0 Å². The van der Waals surface area contributed by atoms with Crippen molar-refractivity contribution in [3.63, 3.8) is 0 Å². The molecule has 0 aliphatic carbocycles. The third-order valence-corrected chi connectivity index (χ3v) is 2.12. The molecule has 1 aromatic rings. The monoisotopic (exact) mass is 179 g/mol. The molecule has 72 valence electrons. The van der Waals surface area contributed by atoms with Gasteiger partial charge in [-0.1, -0.05) is 27.7 Å². The van der Waals surface area contributed by atoms with Crippen molar-refractivity contribution in [2.24, 2.45) is 0 Å². The lowest BCUT2D eigenvalue weighted by Gasteiger charge is -2.15. The summed E-state index contributed by atoms with van der Waals surface area (Å²) in [5, 5.41) is 0. The van der Waals surface area contributed by atoms with E-state index >= 15 is 0 Å². The van der Waals surface area contributed by atoms with E-state index in [9.17, 15) is 4.79 Å². The van der Waals surface area contributed by atoms with E-state index in [4.69, 9.17) is 0 Å². The Morgan fingerprint density at radius 2 is 2.00 bits per heavy atom. The van der Waals surface area contributed by atoms with Crippen molar-refractivity contribution in [3.8, 4) is 0 Å². The van der Waals surface area contributed by atoms with E-state index in [0.717, 1.165) is 11.4 Å². The molecule has 0 aliphatic heterocycles. The fraction of sp³-hybridized carbons (Fsp3) is 0.545. The molecule has 0 saturated heterocycles. The van der Waals surface area contributed by atoms with Crippen molar-refractivity contribution in [1.29, 1.82) is 0 Å². The number of hydrogen-bond donors (Lipinski definition) is 1. The van der Waals surface area contributed by atoms with Crippen LogP contribution in [0.3, 0.4) is 0 Å². The number of aromatic amines is 1. The number of Topliss-reactive ketones (excluding diaryl/α,β-unsaturated/α-hetero) is 1. The van der Waals surface area contributed by atoms with E-state index in [-0.39, 0.29) is 11.2 Å². The molecule has 0 aliphatic rings. The molecule has 0 saturated carbocycles. The first kappa shape index (κ1) is 10.0. The number of carbonyl (C=O) groups is 1. The molecule has 1 N–H and O–H groups in total. The number of ketones is 1. The lowest BCUT2D eigenvalue weighted by Crippen LogP contribution is -2.12. The highest BCUT2D eigenvalue weighted by Gasteiger charge is 2.16. The zero-order chi connectivity index (χ0) is 10.1. The van der Waals surface area contributed by atoms with Gasteiger partial charge in [0, 0.05) is 17.5 Å². The minimum absolute atomic E-state index is 0.0896. The number of hydrogen-bond acceptors (Lipinski definition) is 1. The summed E-state index contributed by atoms with van der Waals surface area (Å²) in [7, 11) is 0. The fourth-order valence-corrected chi connectivity index (χ4v) is 1.19. The van der Waals surface area contributed by atoms with Gasteiger partial charge in [-0.15, -0.1) is 0 Å². The molecular weight excluding hydrogens is 162 g/mol. The smallest absolute Gasteiger partial charge is 0.178 e. The quantitative estimate of drug-likeness (QED) is 0.696. The van der Waals surface area contributed by atoms with Gasteiger partial charge in [0.15, 0.2) is 5.78 Å². The second-order valence-electron chi connectivity index (χ2n) is 4.31. The predicted octanol–water partition coefficient (Wildman–Crippen LogP) is 2.90. The Bertz CT molecular complexity index is 304. The van der Waals surface area contributed by atoms with Gasteiger partial charge in [0.25, 0.3) is 0 Å². The van der Waals surface area contributed by atoms with Gasteiger partial charge in [0.05, 0.1) is 5.69 Å². The van der Waals surface area contributed by atoms with Crippen LogP contribution in [-0.4, -0.2) is 10.8 Å². The second kappa shape index (κ2) is 3.36. The Kier molecular flexibility index (Phi) is 2.60. The lowest BCUT2D eigenvalue weighted by atomic mass is 9.93. The summed E-state index contributed by atoms with van der Waals surface area (Å²) in [6.07, 6.45) is 0.560. The molecule has 13 heavy (non-hydrogen) atoms. The van der Waals surface area contributed by atoms with Crippen LogP contribution in [0.25, 0.3) is 0 Å². The first-order valence-corrected chi connectivity index (χ1v) is 4.68. The summed E-state index contributed by atoms with van der Waals surface area (Å²) in [6.45, 7) is 8.25. The molecule has 0 atom stereocenters. The minimum Gasteiger partial charge on any atom is -0.356 e. The van der Waals surface area contributed by atoms with E-state index in [2.05, 4.69) is 25.8 Å². The standard InChI is InChI=1S/C11H17NO/c1-5-9(13)8-6-7-10(12-8)11(2,3)4/h6-7,12H,5H2,1-4H3. The summed E-state index contributed by atoms with van der Waals surface area (Å²) < 4.78 is 0. The van der Waals surface area contributed by atoms with Crippen LogP contribution in [0.15, 0.2) is 12.1 Å². The van der Waals surface area contributed by atoms with E-state index in [0.29, 0.717) is 6.42 Å². The Hall–Kier alpha value is -1.05. The van der Waals surface area contributed by atoms with Gasteiger partial charge in [-0.3, -0.25) is 4.79 Å². The summed E-state index contributed by atoms with van der Waals surface area (Å²) >= 11 is 0. The van der Waals surface area contributed by atoms with Crippen LogP contribution in [0.1, 0.15) is 50.3 Å². The third kappa shape index (κ3) is 2.20. The molecule has 1 heterocycles. The number of nitrogens with one attached hydrogen (secondary N) is 1. The first-order valence-electron chi connectivity index (χ1n) is 4.68.